The van der Waals surface area contributed by atoms with E-state index in [1.807, 2.05) is 0 Å². The van der Waals surface area contributed by atoms with Crippen LogP contribution in [0.3, 0.4) is 0 Å². The lowest BCUT2D eigenvalue weighted by Crippen LogP contribution is -2.35. The summed E-state index contributed by atoms with van der Waals surface area (Å²) in [5, 5.41) is 12.8. The molecular formula is C12H21NO. The highest BCUT2D eigenvalue weighted by molar-refractivity contribution is 4.83. The van der Waals surface area contributed by atoms with E-state index in [2.05, 4.69) is 11.2 Å². The number of terminal acetylenes is 1. The molecule has 0 atom stereocenters. The second-order valence-corrected chi connectivity index (χ2v) is 4.12. The quantitative estimate of drug-likeness (QED) is 0.517. The van der Waals surface area contributed by atoms with Gasteiger partial charge in [0.15, 0.2) is 0 Å². The maximum Gasteiger partial charge on any atom is 0.0541 e. The van der Waals surface area contributed by atoms with Gasteiger partial charge in [-0.25, -0.2) is 0 Å². The molecule has 2 N–H and O–H groups in total. The van der Waals surface area contributed by atoms with E-state index < -0.39 is 0 Å². The highest BCUT2D eigenvalue weighted by Crippen LogP contribution is 2.18. The van der Waals surface area contributed by atoms with Crippen molar-refractivity contribution in [2.75, 3.05) is 6.54 Å². The van der Waals surface area contributed by atoms with Gasteiger partial charge < -0.3 is 10.4 Å². The normalized spacial score (nSPS) is 27.1. The maximum atomic E-state index is 9.32. The van der Waals surface area contributed by atoms with Gasteiger partial charge >= 0.3 is 0 Å². The van der Waals surface area contributed by atoms with Crippen molar-refractivity contribution in [3.8, 4) is 12.3 Å². The van der Waals surface area contributed by atoms with Gasteiger partial charge in [-0.3, -0.25) is 0 Å². The van der Waals surface area contributed by atoms with Crippen LogP contribution in [-0.2, 0) is 0 Å². The first-order valence-electron chi connectivity index (χ1n) is 5.68. The number of nitrogens with one attached hydrogen (secondary N) is 1. The summed E-state index contributed by atoms with van der Waals surface area (Å²) in [6, 6.07) is 0.629. The Bertz CT molecular complexity index is 177. The lowest BCUT2D eigenvalue weighted by molar-refractivity contribution is 0.117. The molecule has 0 amide bonds. The van der Waals surface area contributed by atoms with Crippen LogP contribution in [0.5, 0.6) is 0 Å². The summed E-state index contributed by atoms with van der Waals surface area (Å²) >= 11 is 0. The second-order valence-electron chi connectivity index (χ2n) is 4.12. The molecule has 1 saturated carbocycles. The smallest absolute Gasteiger partial charge is 0.0541 e. The number of rotatable bonds is 5. The molecular weight excluding hydrogens is 174 g/mol. The molecule has 0 radical (unpaired) electrons. The lowest BCUT2D eigenvalue weighted by atomic mass is 9.93. The molecule has 0 spiro atoms. The van der Waals surface area contributed by atoms with Gasteiger partial charge in [-0.1, -0.05) is 0 Å². The molecule has 0 saturated heterocycles. The fourth-order valence-electron chi connectivity index (χ4n) is 1.94. The third-order valence-electron chi connectivity index (χ3n) is 2.88. The highest BCUT2D eigenvalue weighted by Gasteiger charge is 2.17. The fourth-order valence-corrected chi connectivity index (χ4v) is 1.94. The summed E-state index contributed by atoms with van der Waals surface area (Å²) in [4.78, 5) is 0. The molecule has 0 unspecified atom stereocenters. The Balaban J connectivity index is 1.94. The van der Waals surface area contributed by atoms with E-state index in [-0.39, 0.29) is 6.10 Å². The Morgan fingerprint density at radius 3 is 2.57 bits per heavy atom. The van der Waals surface area contributed by atoms with Crippen LogP contribution in [0.2, 0.25) is 0 Å². The molecule has 0 aromatic rings. The summed E-state index contributed by atoms with van der Waals surface area (Å²) in [5.41, 5.74) is 0. The molecule has 1 aliphatic rings. The Labute approximate surface area is 87.1 Å². The Kier molecular flexibility index (Phi) is 5.66. The second kappa shape index (κ2) is 6.86. The highest BCUT2D eigenvalue weighted by atomic mass is 16.3. The van der Waals surface area contributed by atoms with Crippen molar-refractivity contribution >= 4 is 0 Å². The van der Waals surface area contributed by atoms with Crippen molar-refractivity contribution in [1.29, 1.82) is 0 Å². The first kappa shape index (κ1) is 11.6. The van der Waals surface area contributed by atoms with Crippen LogP contribution in [0.4, 0.5) is 0 Å². The van der Waals surface area contributed by atoms with Crippen molar-refractivity contribution < 1.29 is 5.11 Å². The molecule has 14 heavy (non-hydrogen) atoms. The summed E-state index contributed by atoms with van der Waals surface area (Å²) in [6.45, 7) is 1.07. The van der Waals surface area contributed by atoms with Crippen molar-refractivity contribution in [1.82, 2.24) is 5.32 Å². The largest absolute Gasteiger partial charge is 0.393 e. The molecule has 0 bridgehead atoms. The van der Waals surface area contributed by atoms with E-state index in [9.17, 15) is 5.11 Å². The van der Waals surface area contributed by atoms with E-state index >= 15 is 0 Å². The van der Waals surface area contributed by atoms with Crippen LogP contribution in [0.1, 0.15) is 44.9 Å². The zero-order chi connectivity index (χ0) is 10.2. The van der Waals surface area contributed by atoms with E-state index in [0.717, 1.165) is 45.1 Å². The number of aliphatic hydroxyl groups is 1. The van der Waals surface area contributed by atoms with Gasteiger partial charge in [0.1, 0.15) is 0 Å². The Hall–Kier alpha value is -0.520. The van der Waals surface area contributed by atoms with Gasteiger partial charge in [0, 0.05) is 12.5 Å². The van der Waals surface area contributed by atoms with Crippen LogP contribution < -0.4 is 5.32 Å². The summed E-state index contributed by atoms with van der Waals surface area (Å²) in [7, 11) is 0. The lowest BCUT2D eigenvalue weighted by Gasteiger charge is -2.26. The number of hydrogen-bond acceptors (Lipinski definition) is 2. The molecule has 0 aromatic carbocycles. The topological polar surface area (TPSA) is 32.3 Å². The van der Waals surface area contributed by atoms with E-state index in [1.165, 1.54) is 6.42 Å². The van der Waals surface area contributed by atoms with E-state index in [4.69, 9.17) is 6.42 Å². The molecule has 1 fully saturated rings. The summed E-state index contributed by atoms with van der Waals surface area (Å²) in [5.74, 6) is 2.65. The molecule has 1 rings (SSSR count). The average Bonchev–Trinajstić information content (AvgIpc) is 2.21. The Morgan fingerprint density at radius 2 is 1.93 bits per heavy atom. The number of aliphatic hydroxyl groups excluding tert-OH is 1. The maximum absolute atomic E-state index is 9.32. The molecule has 0 aromatic heterocycles. The summed E-state index contributed by atoms with van der Waals surface area (Å²) < 4.78 is 0. The van der Waals surface area contributed by atoms with Crippen molar-refractivity contribution in [3.05, 3.63) is 0 Å². The van der Waals surface area contributed by atoms with Crippen LogP contribution in [0.15, 0.2) is 0 Å². The van der Waals surface area contributed by atoms with Crippen LogP contribution in [0, 0.1) is 12.3 Å². The molecule has 80 valence electrons. The van der Waals surface area contributed by atoms with Crippen LogP contribution >= 0.6 is 0 Å². The molecule has 0 heterocycles. The molecule has 2 nitrogen and oxygen atoms in total. The van der Waals surface area contributed by atoms with Gasteiger partial charge in [0.25, 0.3) is 0 Å². The van der Waals surface area contributed by atoms with Crippen LogP contribution in [-0.4, -0.2) is 23.8 Å². The van der Waals surface area contributed by atoms with Crippen molar-refractivity contribution in [3.63, 3.8) is 0 Å². The average molecular weight is 195 g/mol. The molecule has 1 aliphatic carbocycles. The third kappa shape index (κ3) is 4.64. The summed E-state index contributed by atoms with van der Waals surface area (Å²) in [6.07, 6.45) is 12.5. The fraction of sp³-hybridized carbons (Fsp3) is 0.833. The predicted molar refractivity (Wildman–Crippen MR) is 58.9 cm³/mol. The van der Waals surface area contributed by atoms with Gasteiger partial charge in [0.2, 0.25) is 0 Å². The zero-order valence-corrected chi connectivity index (χ0v) is 8.84. The SMILES string of the molecule is C#CCCCCNC1CCC(O)CC1. The van der Waals surface area contributed by atoms with Gasteiger partial charge in [0.05, 0.1) is 6.10 Å². The standard InChI is InChI=1S/C12H21NO/c1-2-3-4-5-10-13-11-6-8-12(14)9-7-11/h1,11-14H,3-10H2. The first-order chi connectivity index (χ1) is 6.83. The Morgan fingerprint density at radius 1 is 1.21 bits per heavy atom. The minimum atomic E-state index is -0.0468. The van der Waals surface area contributed by atoms with E-state index in [1.54, 1.807) is 0 Å². The third-order valence-corrected chi connectivity index (χ3v) is 2.88. The first-order valence-corrected chi connectivity index (χ1v) is 5.68. The van der Waals surface area contributed by atoms with Gasteiger partial charge in [-0.15, -0.1) is 12.3 Å². The van der Waals surface area contributed by atoms with E-state index in [0.29, 0.717) is 6.04 Å². The van der Waals surface area contributed by atoms with Crippen LogP contribution in [0.25, 0.3) is 0 Å². The van der Waals surface area contributed by atoms with Crippen molar-refractivity contribution in [2.24, 2.45) is 0 Å². The monoisotopic (exact) mass is 195 g/mol. The number of unbranched alkanes of at least 4 members (excludes halogenated alkanes) is 2. The zero-order valence-electron chi connectivity index (χ0n) is 8.84. The van der Waals surface area contributed by atoms with Gasteiger partial charge in [-0.05, 0) is 45.1 Å². The predicted octanol–water partition coefficient (Wildman–Crippen LogP) is 1.68. The number of hydrogen-bond donors (Lipinski definition) is 2. The minimum absolute atomic E-state index is 0.0468. The van der Waals surface area contributed by atoms with Crippen molar-refractivity contribution in [2.45, 2.75) is 57.1 Å². The van der Waals surface area contributed by atoms with Gasteiger partial charge in [-0.2, -0.15) is 0 Å². The minimum Gasteiger partial charge on any atom is -0.393 e. The molecule has 0 aliphatic heterocycles. The molecule has 2 heteroatoms.